The van der Waals surface area contributed by atoms with E-state index in [0.29, 0.717) is 12.8 Å². The molecule has 0 aromatic heterocycles. The number of rotatable bonds is 7. The van der Waals surface area contributed by atoms with Crippen LogP contribution in [0.1, 0.15) is 25.8 Å². The molecule has 0 saturated heterocycles. The van der Waals surface area contributed by atoms with Crippen LogP contribution in [0.25, 0.3) is 0 Å². The van der Waals surface area contributed by atoms with Crippen LogP contribution in [-0.2, 0) is 11.2 Å². The van der Waals surface area contributed by atoms with Crippen molar-refractivity contribution in [2.24, 2.45) is 11.7 Å². The van der Waals surface area contributed by atoms with Crippen LogP contribution in [0.15, 0.2) is 30.3 Å². The van der Waals surface area contributed by atoms with E-state index < -0.39 is 0 Å². The lowest BCUT2D eigenvalue weighted by atomic mass is 10.0. The molecule has 0 aliphatic rings. The molecule has 4 N–H and O–H groups in total. The summed E-state index contributed by atoms with van der Waals surface area (Å²) < 4.78 is 0. The Bertz CT molecular complexity index is 379. The third-order valence-electron chi connectivity index (χ3n) is 3.19. The number of benzene rings is 1. The lowest BCUT2D eigenvalue weighted by molar-refractivity contribution is -0.122. The molecule has 106 valence electrons. The second kappa shape index (κ2) is 7.92. The zero-order valence-corrected chi connectivity index (χ0v) is 11.7. The highest BCUT2D eigenvalue weighted by Crippen LogP contribution is 2.05. The van der Waals surface area contributed by atoms with Crippen molar-refractivity contribution in [1.82, 2.24) is 5.32 Å². The summed E-state index contributed by atoms with van der Waals surface area (Å²) in [6.45, 7) is 3.91. The summed E-state index contributed by atoms with van der Waals surface area (Å²) in [4.78, 5) is 11.8. The van der Waals surface area contributed by atoms with E-state index in [4.69, 9.17) is 5.73 Å². The van der Waals surface area contributed by atoms with Gasteiger partial charge in [-0.3, -0.25) is 4.79 Å². The minimum atomic E-state index is -0.255. The molecule has 4 nitrogen and oxygen atoms in total. The first kappa shape index (κ1) is 15.7. The zero-order chi connectivity index (χ0) is 14.3. The lowest BCUT2D eigenvalue weighted by Crippen LogP contribution is -2.42. The maximum absolute atomic E-state index is 11.8. The Hall–Kier alpha value is -1.39. The predicted octanol–water partition coefficient (Wildman–Crippen LogP) is 1.08. The summed E-state index contributed by atoms with van der Waals surface area (Å²) in [5.41, 5.74) is 6.96. The van der Waals surface area contributed by atoms with Gasteiger partial charge < -0.3 is 16.2 Å². The highest BCUT2D eigenvalue weighted by Gasteiger charge is 2.16. The Morgan fingerprint density at radius 1 is 1.32 bits per heavy atom. The van der Waals surface area contributed by atoms with Gasteiger partial charge in [0.05, 0.1) is 12.6 Å². The Labute approximate surface area is 115 Å². The Kier molecular flexibility index (Phi) is 6.53. The molecule has 1 rings (SSSR count). The lowest BCUT2D eigenvalue weighted by Gasteiger charge is -2.19. The largest absolute Gasteiger partial charge is 0.394 e. The first-order chi connectivity index (χ1) is 9.02. The molecule has 0 fully saturated rings. The topological polar surface area (TPSA) is 75.4 Å². The van der Waals surface area contributed by atoms with Crippen molar-refractivity contribution in [1.29, 1.82) is 0 Å². The molecular formula is C15H24N2O2. The van der Waals surface area contributed by atoms with Crippen molar-refractivity contribution in [2.45, 2.75) is 38.8 Å². The van der Waals surface area contributed by atoms with Crippen molar-refractivity contribution < 1.29 is 9.90 Å². The van der Waals surface area contributed by atoms with Gasteiger partial charge in [0.1, 0.15) is 0 Å². The number of carbonyl (C=O) groups is 1. The highest BCUT2D eigenvalue weighted by molar-refractivity contribution is 5.76. The zero-order valence-electron chi connectivity index (χ0n) is 11.7. The van der Waals surface area contributed by atoms with Gasteiger partial charge in [0.15, 0.2) is 0 Å². The summed E-state index contributed by atoms with van der Waals surface area (Å²) in [5, 5.41) is 12.2. The second-order valence-electron chi connectivity index (χ2n) is 5.25. The average molecular weight is 264 g/mol. The third kappa shape index (κ3) is 5.85. The average Bonchev–Trinajstić information content (AvgIpc) is 2.38. The number of carbonyl (C=O) groups excluding carboxylic acids is 1. The van der Waals surface area contributed by atoms with E-state index in [1.165, 1.54) is 0 Å². The first-order valence-corrected chi connectivity index (χ1v) is 6.72. The fourth-order valence-corrected chi connectivity index (χ4v) is 1.80. The van der Waals surface area contributed by atoms with Gasteiger partial charge in [0.2, 0.25) is 5.91 Å². The van der Waals surface area contributed by atoms with E-state index in [2.05, 4.69) is 5.32 Å². The van der Waals surface area contributed by atoms with Crippen molar-refractivity contribution in [3.8, 4) is 0 Å². The fourth-order valence-electron chi connectivity index (χ4n) is 1.80. The molecule has 2 atom stereocenters. The summed E-state index contributed by atoms with van der Waals surface area (Å²) in [7, 11) is 0. The Morgan fingerprint density at radius 2 is 1.95 bits per heavy atom. The van der Waals surface area contributed by atoms with Crippen molar-refractivity contribution in [2.75, 3.05) is 6.61 Å². The second-order valence-corrected chi connectivity index (χ2v) is 5.25. The molecule has 1 aromatic rings. The maximum Gasteiger partial charge on any atom is 0.221 e. The van der Waals surface area contributed by atoms with Crippen LogP contribution in [0, 0.1) is 5.92 Å². The number of aliphatic hydroxyl groups is 1. The maximum atomic E-state index is 11.8. The smallest absolute Gasteiger partial charge is 0.221 e. The van der Waals surface area contributed by atoms with Gasteiger partial charge >= 0.3 is 0 Å². The number of aliphatic hydroxyl groups excluding tert-OH is 1. The number of hydrogen-bond donors (Lipinski definition) is 3. The van der Waals surface area contributed by atoms with Gasteiger partial charge in [-0.05, 0) is 17.9 Å². The molecule has 1 unspecified atom stereocenters. The van der Waals surface area contributed by atoms with E-state index >= 15 is 0 Å². The summed E-state index contributed by atoms with van der Waals surface area (Å²) in [6.07, 6.45) is 0.920. The van der Waals surface area contributed by atoms with Crippen LogP contribution in [0.2, 0.25) is 0 Å². The number of amides is 1. The van der Waals surface area contributed by atoms with Crippen molar-refractivity contribution >= 4 is 5.91 Å². The third-order valence-corrected chi connectivity index (χ3v) is 3.19. The van der Waals surface area contributed by atoms with Crippen LogP contribution in [-0.4, -0.2) is 29.7 Å². The minimum absolute atomic E-state index is 0.0719. The molecule has 1 aromatic carbocycles. The van der Waals surface area contributed by atoms with E-state index in [9.17, 15) is 9.90 Å². The van der Waals surface area contributed by atoms with Gasteiger partial charge in [-0.25, -0.2) is 0 Å². The SMILES string of the molecule is CC(C)C(N)CC(=O)N[C@@H](CO)Cc1ccccc1. The fraction of sp³-hybridized carbons (Fsp3) is 0.533. The number of hydrogen-bond acceptors (Lipinski definition) is 3. The van der Waals surface area contributed by atoms with Gasteiger partial charge in [0, 0.05) is 12.5 Å². The highest BCUT2D eigenvalue weighted by atomic mass is 16.3. The first-order valence-electron chi connectivity index (χ1n) is 6.72. The molecule has 0 spiro atoms. The van der Waals surface area contributed by atoms with Crippen molar-refractivity contribution in [3.05, 3.63) is 35.9 Å². The Morgan fingerprint density at radius 3 is 2.47 bits per heavy atom. The number of nitrogens with one attached hydrogen (secondary N) is 1. The van der Waals surface area contributed by atoms with E-state index in [1.54, 1.807) is 0 Å². The van der Waals surface area contributed by atoms with Crippen LogP contribution in [0.5, 0.6) is 0 Å². The van der Waals surface area contributed by atoms with Gasteiger partial charge in [-0.1, -0.05) is 44.2 Å². The van der Waals surface area contributed by atoms with Crippen LogP contribution >= 0.6 is 0 Å². The molecule has 0 heterocycles. The van der Waals surface area contributed by atoms with Crippen LogP contribution in [0.3, 0.4) is 0 Å². The van der Waals surface area contributed by atoms with E-state index in [1.807, 2.05) is 44.2 Å². The molecule has 19 heavy (non-hydrogen) atoms. The standard InChI is InChI=1S/C15H24N2O2/c1-11(2)14(16)9-15(19)17-13(10-18)8-12-6-4-3-5-7-12/h3-7,11,13-14,18H,8-10,16H2,1-2H3,(H,17,19)/t13-,14?/m1/s1. The molecule has 1 amide bonds. The summed E-state index contributed by atoms with van der Waals surface area (Å²) in [6, 6.07) is 9.40. The summed E-state index contributed by atoms with van der Waals surface area (Å²) in [5.74, 6) is 0.170. The van der Waals surface area contributed by atoms with Crippen LogP contribution < -0.4 is 11.1 Å². The molecule has 4 heteroatoms. The van der Waals surface area contributed by atoms with Crippen molar-refractivity contribution in [3.63, 3.8) is 0 Å². The molecular weight excluding hydrogens is 240 g/mol. The molecule has 0 aliphatic heterocycles. The van der Waals surface area contributed by atoms with Gasteiger partial charge in [-0.15, -0.1) is 0 Å². The molecule has 0 bridgehead atoms. The quantitative estimate of drug-likeness (QED) is 0.690. The minimum Gasteiger partial charge on any atom is -0.394 e. The van der Waals surface area contributed by atoms with Gasteiger partial charge in [-0.2, -0.15) is 0 Å². The van der Waals surface area contributed by atoms with Gasteiger partial charge in [0.25, 0.3) is 0 Å². The van der Waals surface area contributed by atoms with E-state index in [0.717, 1.165) is 5.56 Å². The van der Waals surface area contributed by atoms with Crippen LogP contribution in [0.4, 0.5) is 0 Å². The number of nitrogens with two attached hydrogens (primary N) is 1. The molecule has 0 radical (unpaired) electrons. The van der Waals surface area contributed by atoms with E-state index in [-0.39, 0.29) is 30.5 Å². The Balaban J connectivity index is 2.46. The monoisotopic (exact) mass is 264 g/mol. The molecule has 0 aliphatic carbocycles. The molecule has 0 saturated carbocycles. The predicted molar refractivity (Wildman–Crippen MR) is 76.6 cm³/mol. The normalized spacial score (nSPS) is 14.2. The summed E-state index contributed by atoms with van der Waals surface area (Å²) >= 11 is 0.